The van der Waals surface area contributed by atoms with Crippen LogP contribution in [-0.4, -0.2) is 0 Å². The molecule has 0 aromatic heterocycles. The first-order chi connectivity index (χ1) is 22.8. The van der Waals surface area contributed by atoms with E-state index in [0.717, 1.165) is 0 Å². The second kappa shape index (κ2) is 10.9. The van der Waals surface area contributed by atoms with E-state index in [4.69, 9.17) is 0 Å². The molecule has 0 saturated heterocycles. The number of benzene rings is 9. The fourth-order valence-corrected chi connectivity index (χ4v) is 7.16. The predicted octanol–water partition coefficient (Wildman–Crippen LogP) is 13.0. The molecule has 0 fully saturated rings. The molecule has 0 amide bonds. The average Bonchev–Trinajstić information content (AvgIpc) is 3.13. The van der Waals surface area contributed by atoms with Crippen LogP contribution < -0.4 is 0 Å². The minimum absolute atomic E-state index is 1.22. The molecule has 0 aliphatic rings. The molecule has 0 aliphatic heterocycles. The van der Waals surface area contributed by atoms with E-state index < -0.39 is 0 Å². The highest BCUT2D eigenvalue weighted by molar-refractivity contribution is 6.21. The quantitative estimate of drug-likeness (QED) is 0.181. The number of fused-ring (bicyclic) bond motifs is 4. The van der Waals surface area contributed by atoms with Gasteiger partial charge in [-0.25, -0.2) is 0 Å². The predicted molar refractivity (Wildman–Crippen MR) is 198 cm³/mol. The van der Waals surface area contributed by atoms with Gasteiger partial charge in [0.15, 0.2) is 0 Å². The molecule has 9 aromatic rings. The third-order valence-electron chi connectivity index (χ3n) is 9.42. The average molecular weight is 583 g/mol. The van der Waals surface area contributed by atoms with Crippen molar-refractivity contribution in [3.8, 4) is 44.5 Å². The maximum Gasteiger partial charge on any atom is -0.00264 e. The lowest BCUT2D eigenvalue weighted by Crippen LogP contribution is -1.91. The summed E-state index contributed by atoms with van der Waals surface area (Å²) in [6, 6.07) is 66.5. The molecule has 0 aliphatic carbocycles. The zero-order valence-corrected chi connectivity index (χ0v) is 25.3. The van der Waals surface area contributed by atoms with E-state index in [1.54, 1.807) is 0 Å². The zero-order chi connectivity index (χ0) is 30.5. The monoisotopic (exact) mass is 582 g/mol. The van der Waals surface area contributed by atoms with Crippen molar-refractivity contribution < 1.29 is 0 Å². The van der Waals surface area contributed by atoms with Crippen LogP contribution in [0.3, 0.4) is 0 Å². The second-order valence-electron chi connectivity index (χ2n) is 12.1. The van der Waals surface area contributed by atoms with Crippen molar-refractivity contribution in [3.63, 3.8) is 0 Å². The molecule has 0 unspecified atom stereocenters. The summed E-state index contributed by atoms with van der Waals surface area (Å²) >= 11 is 0. The summed E-state index contributed by atoms with van der Waals surface area (Å²) < 4.78 is 0. The Bertz CT molecular complexity index is 2480. The Labute approximate surface area is 268 Å². The molecule has 0 nitrogen and oxygen atoms in total. The standard InChI is InChI=1S/C46H30/c1-2-10-31(11-3-1)32-18-22-34(23-19-32)45-41-14-6-8-16-43(41)46(44-17-9-7-15-42(44)45)35-24-20-33(21-25-35)38-26-27-39-28-36-12-4-5-13-37(36)29-40(39)30-38/h1-30H. The van der Waals surface area contributed by atoms with Crippen LogP contribution in [0.4, 0.5) is 0 Å². The third-order valence-corrected chi connectivity index (χ3v) is 9.42. The lowest BCUT2D eigenvalue weighted by atomic mass is 9.85. The number of hydrogen-bond acceptors (Lipinski definition) is 0. The second-order valence-corrected chi connectivity index (χ2v) is 12.1. The molecule has 0 saturated carbocycles. The molecule has 0 N–H and O–H groups in total. The summed E-state index contributed by atoms with van der Waals surface area (Å²) in [6.07, 6.45) is 0. The van der Waals surface area contributed by atoms with Crippen LogP contribution in [0.1, 0.15) is 0 Å². The Morgan fingerprint density at radius 2 is 0.543 bits per heavy atom. The van der Waals surface area contributed by atoms with Crippen LogP contribution in [0.2, 0.25) is 0 Å². The molecule has 9 rings (SSSR count). The molecular weight excluding hydrogens is 553 g/mol. The molecule has 0 heterocycles. The van der Waals surface area contributed by atoms with E-state index in [1.807, 2.05) is 0 Å². The van der Waals surface area contributed by atoms with Crippen LogP contribution in [0, 0.1) is 0 Å². The van der Waals surface area contributed by atoms with E-state index in [9.17, 15) is 0 Å². The zero-order valence-electron chi connectivity index (χ0n) is 25.3. The van der Waals surface area contributed by atoms with E-state index in [-0.39, 0.29) is 0 Å². The Hall–Kier alpha value is -5.98. The van der Waals surface area contributed by atoms with Crippen LogP contribution in [-0.2, 0) is 0 Å². The van der Waals surface area contributed by atoms with Crippen LogP contribution in [0.5, 0.6) is 0 Å². The van der Waals surface area contributed by atoms with Gasteiger partial charge < -0.3 is 0 Å². The van der Waals surface area contributed by atoms with Crippen LogP contribution in [0.25, 0.3) is 87.6 Å². The molecule has 9 aromatic carbocycles. The molecule has 214 valence electrons. The summed E-state index contributed by atoms with van der Waals surface area (Å²) in [4.78, 5) is 0. The van der Waals surface area contributed by atoms with Crippen molar-refractivity contribution in [2.75, 3.05) is 0 Å². The van der Waals surface area contributed by atoms with Gasteiger partial charge in [-0.1, -0.05) is 164 Å². The Balaban J connectivity index is 1.16. The van der Waals surface area contributed by atoms with E-state index >= 15 is 0 Å². The molecule has 0 bridgehead atoms. The van der Waals surface area contributed by atoms with Crippen molar-refractivity contribution in [2.45, 2.75) is 0 Å². The van der Waals surface area contributed by atoms with E-state index in [1.165, 1.54) is 87.6 Å². The van der Waals surface area contributed by atoms with Crippen molar-refractivity contribution in [1.82, 2.24) is 0 Å². The van der Waals surface area contributed by atoms with Crippen molar-refractivity contribution >= 4 is 43.1 Å². The smallest absolute Gasteiger partial charge is 0.00264 e. The fourth-order valence-electron chi connectivity index (χ4n) is 7.16. The van der Waals surface area contributed by atoms with Gasteiger partial charge in [0.1, 0.15) is 0 Å². The van der Waals surface area contributed by atoms with Gasteiger partial charge >= 0.3 is 0 Å². The summed E-state index contributed by atoms with van der Waals surface area (Å²) in [5.74, 6) is 0. The van der Waals surface area contributed by atoms with Crippen molar-refractivity contribution in [3.05, 3.63) is 182 Å². The largest absolute Gasteiger partial charge is 0.0622 e. The van der Waals surface area contributed by atoms with Gasteiger partial charge in [0.2, 0.25) is 0 Å². The highest BCUT2D eigenvalue weighted by atomic mass is 14.2. The lowest BCUT2D eigenvalue weighted by molar-refractivity contribution is 1.61. The molecule has 0 atom stereocenters. The fraction of sp³-hybridized carbons (Fsp3) is 0. The first-order valence-electron chi connectivity index (χ1n) is 15.9. The van der Waals surface area contributed by atoms with Crippen LogP contribution >= 0.6 is 0 Å². The third kappa shape index (κ3) is 4.47. The minimum Gasteiger partial charge on any atom is -0.0622 e. The molecule has 0 heteroatoms. The maximum absolute atomic E-state index is 2.32. The topological polar surface area (TPSA) is 0 Å². The van der Waals surface area contributed by atoms with Gasteiger partial charge in [0.25, 0.3) is 0 Å². The molecule has 0 radical (unpaired) electrons. The van der Waals surface area contributed by atoms with Gasteiger partial charge in [-0.2, -0.15) is 0 Å². The van der Waals surface area contributed by atoms with Gasteiger partial charge in [-0.05, 0) is 106 Å². The molecule has 46 heavy (non-hydrogen) atoms. The number of hydrogen-bond donors (Lipinski definition) is 0. The van der Waals surface area contributed by atoms with Crippen molar-refractivity contribution in [1.29, 1.82) is 0 Å². The molecule has 0 spiro atoms. The minimum atomic E-state index is 1.22. The highest BCUT2D eigenvalue weighted by Gasteiger charge is 2.16. The van der Waals surface area contributed by atoms with E-state index in [0.29, 0.717) is 0 Å². The van der Waals surface area contributed by atoms with Crippen LogP contribution in [0.15, 0.2) is 182 Å². The summed E-state index contributed by atoms with van der Waals surface area (Å²) in [6.45, 7) is 0. The lowest BCUT2D eigenvalue weighted by Gasteiger charge is -2.18. The summed E-state index contributed by atoms with van der Waals surface area (Å²) in [5.41, 5.74) is 9.96. The molecular formula is C46H30. The maximum atomic E-state index is 2.32. The van der Waals surface area contributed by atoms with Gasteiger partial charge in [-0.15, -0.1) is 0 Å². The summed E-state index contributed by atoms with van der Waals surface area (Å²) in [7, 11) is 0. The Kier molecular flexibility index (Phi) is 6.25. The Morgan fingerprint density at radius 3 is 1.07 bits per heavy atom. The van der Waals surface area contributed by atoms with Gasteiger partial charge in [-0.3, -0.25) is 0 Å². The van der Waals surface area contributed by atoms with Crippen molar-refractivity contribution in [2.24, 2.45) is 0 Å². The van der Waals surface area contributed by atoms with Gasteiger partial charge in [0.05, 0.1) is 0 Å². The normalized spacial score (nSPS) is 11.5. The number of rotatable bonds is 4. The highest BCUT2D eigenvalue weighted by Crippen LogP contribution is 2.44. The van der Waals surface area contributed by atoms with Gasteiger partial charge in [0, 0.05) is 0 Å². The van der Waals surface area contributed by atoms with E-state index in [2.05, 4.69) is 182 Å². The first kappa shape index (κ1) is 26.4. The Morgan fingerprint density at radius 1 is 0.196 bits per heavy atom. The summed E-state index contributed by atoms with van der Waals surface area (Å²) in [5, 5.41) is 10.2. The SMILES string of the molecule is c1ccc(-c2ccc(-c3c4ccccc4c(-c4ccc(-c5ccc6cc7ccccc7cc6c5)cc4)c4ccccc34)cc2)cc1. The first-order valence-corrected chi connectivity index (χ1v) is 15.9.